The third-order valence-electron chi connectivity index (χ3n) is 5.61. The molecule has 0 radical (unpaired) electrons. The molecule has 1 saturated heterocycles. The van der Waals surface area contributed by atoms with E-state index >= 15 is 0 Å². The van der Waals surface area contributed by atoms with E-state index in [0.29, 0.717) is 18.3 Å². The van der Waals surface area contributed by atoms with Gasteiger partial charge in [-0.1, -0.05) is 42.5 Å². The van der Waals surface area contributed by atoms with E-state index in [9.17, 15) is 4.79 Å². The van der Waals surface area contributed by atoms with Crippen molar-refractivity contribution in [1.82, 2.24) is 15.3 Å². The Bertz CT molecular complexity index is 1030. The van der Waals surface area contributed by atoms with E-state index < -0.39 is 0 Å². The summed E-state index contributed by atoms with van der Waals surface area (Å²) < 4.78 is 5.40. The molecule has 1 aliphatic rings. The molecule has 0 spiro atoms. The molecule has 1 aliphatic heterocycles. The molecule has 32 heavy (non-hydrogen) atoms. The van der Waals surface area contributed by atoms with Gasteiger partial charge in [-0.05, 0) is 49.4 Å². The number of carbonyl (C=O) groups is 1. The van der Waals surface area contributed by atoms with Crippen LogP contribution in [0.2, 0.25) is 0 Å². The maximum atomic E-state index is 12.9. The quantitative estimate of drug-likeness (QED) is 0.500. The molecular weight excluding hydrogens is 402 g/mol. The molecule has 1 fully saturated rings. The number of methoxy groups -OCH3 is 1. The van der Waals surface area contributed by atoms with Crippen molar-refractivity contribution in [3.63, 3.8) is 0 Å². The van der Waals surface area contributed by atoms with Crippen LogP contribution in [0.3, 0.4) is 0 Å². The Morgan fingerprint density at radius 2 is 1.94 bits per heavy atom. The fourth-order valence-electron chi connectivity index (χ4n) is 3.99. The van der Waals surface area contributed by atoms with Gasteiger partial charge < -0.3 is 20.3 Å². The highest BCUT2D eigenvalue weighted by molar-refractivity contribution is 5.85. The Morgan fingerprint density at radius 1 is 1.12 bits per heavy atom. The van der Waals surface area contributed by atoms with Gasteiger partial charge in [-0.15, -0.1) is 0 Å². The third-order valence-corrected chi connectivity index (χ3v) is 5.61. The minimum absolute atomic E-state index is 0.0438. The van der Waals surface area contributed by atoms with Gasteiger partial charge in [0.2, 0.25) is 11.9 Å². The number of anilines is 3. The molecular formula is C25H29N5O2. The average molecular weight is 432 g/mol. The molecule has 1 amide bonds. The summed E-state index contributed by atoms with van der Waals surface area (Å²) in [6, 6.07) is 19.6. The van der Waals surface area contributed by atoms with Gasteiger partial charge in [-0.2, -0.15) is 4.98 Å². The Morgan fingerprint density at radius 3 is 2.78 bits per heavy atom. The summed E-state index contributed by atoms with van der Waals surface area (Å²) >= 11 is 0. The monoisotopic (exact) mass is 431 g/mol. The summed E-state index contributed by atoms with van der Waals surface area (Å²) in [5.74, 6) is 2.00. The first kappa shape index (κ1) is 21.6. The number of aryl methyl sites for hydroxylation is 1. The second-order valence-electron chi connectivity index (χ2n) is 7.80. The van der Waals surface area contributed by atoms with E-state index in [1.165, 1.54) is 5.56 Å². The number of nitrogens with one attached hydrogen (secondary N) is 2. The predicted molar refractivity (Wildman–Crippen MR) is 126 cm³/mol. The molecule has 7 heteroatoms. The summed E-state index contributed by atoms with van der Waals surface area (Å²) in [5.41, 5.74) is 2.12. The van der Waals surface area contributed by atoms with E-state index in [0.717, 1.165) is 43.7 Å². The van der Waals surface area contributed by atoms with Gasteiger partial charge in [0.1, 0.15) is 17.6 Å². The minimum Gasteiger partial charge on any atom is -0.495 e. The van der Waals surface area contributed by atoms with Crippen LogP contribution in [0.4, 0.5) is 17.5 Å². The van der Waals surface area contributed by atoms with Crippen molar-refractivity contribution in [3.8, 4) is 5.75 Å². The number of aromatic nitrogens is 2. The van der Waals surface area contributed by atoms with Gasteiger partial charge in [0, 0.05) is 19.3 Å². The zero-order valence-corrected chi connectivity index (χ0v) is 18.3. The third kappa shape index (κ3) is 5.35. The second kappa shape index (κ2) is 10.6. The first-order valence-electron chi connectivity index (χ1n) is 11.1. The number of carbonyl (C=O) groups excluding carboxylic acids is 1. The van der Waals surface area contributed by atoms with Gasteiger partial charge in [-0.25, -0.2) is 4.98 Å². The van der Waals surface area contributed by atoms with Gasteiger partial charge in [0.25, 0.3) is 0 Å². The van der Waals surface area contributed by atoms with Crippen molar-refractivity contribution >= 4 is 23.4 Å². The van der Waals surface area contributed by atoms with Crippen molar-refractivity contribution in [1.29, 1.82) is 0 Å². The van der Waals surface area contributed by atoms with Crippen LogP contribution in [-0.2, 0) is 11.2 Å². The molecule has 2 N–H and O–H groups in total. The molecule has 1 aromatic heterocycles. The number of benzene rings is 2. The Balaban J connectivity index is 1.36. The number of ether oxygens (including phenoxy) is 1. The van der Waals surface area contributed by atoms with E-state index in [-0.39, 0.29) is 11.9 Å². The van der Waals surface area contributed by atoms with Crippen LogP contribution in [0.25, 0.3) is 0 Å². The normalized spacial score (nSPS) is 15.4. The standard InChI is InChI=1S/C25H29N5O2/c1-32-22-14-6-5-12-20(22)28-23-15-17-27-25(29-23)30-18-8-13-21(30)24(31)26-16-7-11-19-9-3-2-4-10-19/h2-6,9-10,12,14-15,17,21H,7-8,11,13,16,18H2,1H3,(H,26,31)(H,27,28,29). The first-order chi connectivity index (χ1) is 15.7. The zero-order chi connectivity index (χ0) is 22.2. The molecule has 4 rings (SSSR count). The SMILES string of the molecule is COc1ccccc1Nc1ccnc(N2CCCC2C(=O)NCCCc2ccccc2)n1. The average Bonchev–Trinajstić information content (AvgIpc) is 3.33. The van der Waals surface area contributed by atoms with Gasteiger partial charge in [0.05, 0.1) is 12.8 Å². The van der Waals surface area contributed by atoms with Crippen LogP contribution in [0.5, 0.6) is 5.75 Å². The minimum atomic E-state index is -0.242. The topological polar surface area (TPSA) is 79.4 Å². The second-order valence-corrected chi connectivity index (χ2v) is 7.80. The lowest BCUT2D eigenvalue weighted by atomic mass is 10.1. The maximum absolute atomic E-state index is 12.9. The highest BCUT2D eigenvalue weighted by Crippen LogP contribution is 2.28. The van der Waals surface area contributed by atoms with Gasteiger partial charge >= 0.3 is 0 Å². The van der Waals surface area contributed by atoms with Crippen molar-refractivity contribution < 1.29 is 9.53 Å². The molecule has 0 saturated carbocycles. The molecule has 166 valence electrons. The summed E-state index contributed by atoms with van der Waals surface area (Å²) in [6.45, 7) is 1.43. The predicted octanol–water partition coefficient (Wildman–Crippen LogP) is 3.95. The van der Waals surface area contributed by atoms with Gasteiger partial charge in [-0.3, -0.25) is 4.79 Å². The lowest BCUT2D eigenvalue weighted by Crippen LogP contribution is -2.44. The van der Waals surface area contributed by atoms with E-state index in [2.05, 4.69) is 32.7 Å². The number of hydrogen-bond donors (Lipinski definition) is 2. The van der Waals surface area contributed by atoms with Crippen molar-refractivity contribution in [2.75, 3.05) is 30.4 Å². The molecule has 1 unspecified atom stereocenters. The van der Waals surface area contributed by atoms with Crippen LogP contribution in [-0.4, -0.2) is 42.1 Å². The molecule has 1 atom stereocenters. The largest absolute Gasteiger partial charge is 0.495 e. The van der Waals surface area contributed by atoms with E-state index in [4.69, 9.17) is 4.74 Å². The fraction of sp³-hybridized carbons (Fsp3) is 0.320. The summed E-state index contributed by atoms with van der Waals surface area (Å²) in [5, 5.41) is 6.38. The summed E-state index contributed by atoms with van der Waals surface area (Å²) in [4.78, 5) is 24.0. The Kier molecular flexibility index (Phi) is 7.17. The molecule has 2 heterocycles. The van der Waals surface area contributed by atoms with E-state index in [1.54, 1.807) is 13.3 Å². The summed E-state index contributed by atoms with van der Waals surface area (Å²) in [6.07, 6.45) is 5.33. The van der Waals surface area contributed by atoms with E-state index in [1.807, 2.05) is 53.4 Å². The highest BCUT2D eigenvalue weighted by Gasteiger charge is 2.32. The smallest absolute Gasteiger partial charge is 0.242 e. The maximum Gasteiger partial charge on any atom is 0.242 e. The van der Waals surface area contributed by atoms with Crippen molar-refractivity contribution in [3.05, 3.63) is 72.4 Å². The molecule has 2 aromatic carbocycles. The van der Waals surface area contributed by atoms with Crippen LogP contribution < -0.4 is 20.3 Å². The number of para-hydroxylation sites is 2. The van der Waals surface area contributed by atoms with Crippen LogP contribution in [0.1, 0.15) is 24.8 Å². The van der Waals surface area contributed by atoms with Crippen LogP contribution in [0, 0.1) is 0 Å². The van der Waals surface area contributed by atoms with Crippen molar-refractivity contribution in [2.45, 2.75) is 31.7 Å². The van der Waals surface area contributed by atoms with Crippen LogP contribution in [0.15, 0.2) is 66.9 Å². The molecule has 3 aromatic rings. The number of amides is 1. The Hall–Kier alpha value is -3.61. The molecule has 7 nitrogen and oxygen atoms in total. The lowest BCUT2D eigenvalue weighted by Gasteiger charge is -2.24. The number of rotatable bonds is 9. The Labute approximate surface area is 188 Å². The lowest BCUT2D eigenvalue weighted by molar-refractivity contribution is -0.122. The number of nitrogens with zero attached hydrogens (tertiary/aromatic N) is 3. The molecule has 0 aliphatic carbocycles. The van der Waals surface area contributed by atoms with Gasteiger partial charge in [0.15, 0.2) is 0 Å². The van der Waals surface area contributed by atoms with Crippen LogP contribution >= 0.6 is 0 Å². The van der Waals surface area contributed by atoms with Crippen molar-refractivity contribution in [2.24, 2.45) is 0 Å². The fourth-order valence-corrected chi connectivity index (χ4v) is 3.99. The highest BCUT2D eigenvalue weighted by atomic mass is 16.5. The molecule has 0 bridgehead atoms. The summed E-state index contributed by atoms with van der Waals surface area (Å²) in [7, 11) is 1.64. The number of hydrogen-bond acceptors (Lipinski definition) is 6. The first-order valence-corrected chi connectivity index (χ1v) is 11.1. The zero-order valence-electron chi connectivity index (χ0n) is 18.3.